The molecule has 0 bridgehead atoms. The first-order chi connectivity index (χ1) is 18.4. The van der Waals surface area contributed by atoms with Gasteiger partial charge in [0.15, 0.2) is 6.04 Å². The summed E-state index contributed by atoms with van der Waals surface area (Å²) < 4.78 is 11.2. The number of hydrogen-bond acceptors (Lipinski definition) is 3. The molecule has 0 aromatic heterocycles. The van der Waals surface area contributed by atoms with E-state index in [2.05, 4.69) is 122 Å². The standard InChI is InChI=1S/C33H36NO2PSi/c1-5-18-31(38(3,4)30-25-16-9-17-26-30)32(33(35)36-2)34-37(27-19-10-6-11-20-27,28-21-12-7-13-22-28)29-23-14-8-15-24-29/h5-26,31-32H,1-4H3/b18-5+/t31-,32-/m1/s1. The number of carbonyl (C=O) groups is 1. The second-order valence-electron chi connectivity index (χ2n) is 9.86. The molecule has 0 heterocycles. The van der Waals surface area contributed by atoms with E-state index in [0.717, 1.165) is 15.9 Å². The van der Waals surface area contributed by atoms with Crippen molar-refractivity contribution in [2.24, 2.45) is 4.74 Å². The van der Waals surface area contributed by atoms with Crippen LogP contribution in [-0.2, 0) is 9.53 Å². The molecule has 2 atom stereocenters. The lowest BCUT2D eigenvalue weighted by molar-refractivity contribution is -0.141. The van der Waals surface area contributed by atoms with E-state index in [9.17, 15) is 4.79 Å². The van der Waals surface area contributed by atoms with Crippen molar-refractivity contribution in [3.05, 3.63) is 133 Å². The smallest absolute Gasteiger partial charge is 0.330 e. The lowest BCUT2D eigenvalue weighted by atomic mass is 10.2. The number of rotatable bonds is 9. The number of esters is 1. The molecule has 0 fully saturated rings. The summed E-state index contributed by atoms with van der Waals surface area (Å²) in [5.41, 5.74) is -0.0992. The average Bonchev–Trinajstić information content (AvgIpc) is 2.98. The van der Waals surface area contributed by atoms with E-state index >= 15 is 0 Å². The Kier molecular flexibility index (Phi) is 8.99. The summed E-state index contributed by atoms with van der Waals surface area (Å²) >= 11 is 0. The first-order valence-corrected chi connectivity index (χ1v) is 17.8. The van der Waals surface area contributed by atoms with Crippen molar-refractivity contribution in [1.82, 2.24) is 0 Å². The van der Waals surface area contributed by atoms with Gasteiger partial charge in [0.1, 0.15) is 0 Å². The normalized spacial score (nSPS) is 13.6. The third kappa shape index (κ3) is 5.52. The summed E-state index contributed by atoms with van der Waals surface area (Å²) in [5, 5.41) is 4.63. The highest BCUT2D eigenvalue weighted by Crippen LogP contribution is 2.49. The molecule has 3 nitrogen and oxygen atoms in total. The van der Waals surface area contributed by atoms with Gasteiger partial charge in [-0.2, -0.15) is 0 Å². The molecule has 0 aliphatic carbocycles. The van der Waals surface area contributed by atoms with Gasteiger partial charge in [-0.25, -0.2) is 4.79 Å². The third-order valence-corrected chi connectivity index (χ3v) is 14.9. The summed E-state index contributed by atoms with van der Waals surface area (Å²) in [6.07, 6.45) is 4.24. The van der Waals surface area contributed by atoms with Crippen LogP contribution >= 0.6 is 7.05 Å². The molecule has 0 saturated heterocycles. The zero-order valence-corrected chi connectivity index (χ0v) is 24.5. The molecule has 0 aliphatic heterocycles. The van der Waals surface area contributed by atoms with Crippen LogP contribution in [0.4, 0.5) is 0 Å². The zero-order valence-electron chi connectivity index (χ0n) is 22.6. The number of nitrogens with zero attached hydrogens (tertiary/aromatic N) is 1. The van der Waals surface area contributed by atoms with Crippen molar-refractivity contribution in [3.63, 3.8) is 0 Å². The molecule has 194 valence electrons. The van der Waals surface area contributed by atoms with Crippen LogP contribution in [0.3, 0.4) is 0 Å². The van der Waals surface area contributed by atoms with Crippen molar-refractivity contribution in [2.75, 3.05) is 7.11 Å². The number of benzene rings is 4. The molecule has 5 heteroatoms. The quantitative estimate of drug-likeness (QED) is 0.109. The number of allylic oxidation sites excluding steroid dienone is 1. The summed E-state index contributed by atoms with van der Waals surface area (Å²) in [6.45, 7) is 6.67. The minimum atomic E-state index is -2.60. The van der Waals surface area contributed by atoms with Crippen LogP contribution in [0.2, 0.25) is 18.6 Å². The van der Waals surface area contributed by atoms with E-state index in [4.69, 9.17) is 9.48 Å². The van der Waals surface area contributed by atoms with Crippen molar-refractivity contribution in [3.8, 4) is 0 Å². The van der Waals surface area contributed by atoms with E-state index in [1.807, 2.05) is 31.2 Å². The first kappa shape index (κ1) is 27.6. The fraction of sp³-hybridized carbons (Fsp3) is 0.182. The second-order valence-corrected chi connectivity index (χ2v) is 17.6. The monoisotopic (exact) mass is 537 g/mol. The topological polar surface area (TPSA) is 38.7 Å². The average molecular weight is 538 g/mol. The van der Waals surface area contributed by atoms with Gasteiger partial charge in [0, 0.05) is 21.5 Å². The number of hydrogen-bond donors (Lipinski definition) is 0. The molecular weight excluding hydrogens is 501 g/mol. The maximum absolute atomic E-state index is 13.8. The molecule has 0 unspecified atom stereocenters. The van der Waals surface area contributed by atoms with Crippen molar-refractivity contribution in [1.29, 1.82) is 0 Å². The zero-order chi connectivity index (χ0) is 27.0. The van der Waals surface area contributed by atoms with Crippen LogP contribution in [0.5, 0.6) is 0 Å². The van der Waals surface area contributed by atoms with Crippen molar-refractivity contribution < 1.29 is 9.53 Å². The number of carbonyl (C=O) groups excluding carboxylic acids is 1. The Morgan fingerprint density at radius 1 is 0.737 bits per heavy atom. The molecule has 0 N–H and O–H groups in total. The maximum Gasteiger partial charge on any atom is 0.330 e. The third-order valence-electron chi connectivity index (χ3n) is 7.22. The lowest BCUT2D eigenvalue weighted by Gasteiger charge is -2.36. The molecule has 0 aliphatic rings. The fourth-order valence-corrected chi connectivity index (χ4v) is 12.1. The van der Waals surface area contributed by atoms with E-state index in [1.54, 1.807) is 0 Å². The van der Waals surface area contributed by atoms with Gasteiger partial charge in [-0.15, -0.1) is 0 Å². The molecule has 0 radical (unpaired) electrons. The van der Waals surface area contributed by atoms with Gasteiger partial charge in [-0.1, -0.05) is 152 Å². The molecule has 4 aromatic rings. The van der Waals surface area contributed by atoms with Crippen LogP contribution in [0.15, 0.2) is 138 Å². The molecule has 4 aromatic carbocycles. The first-order valence-electron chi connectivity index (χ1n) is 13.0. The molecule has 0 saturated carbocycles. The Hall–Kier alpha value is -3.46. The van der Waals surface area contributed by atoms with Gasteiger partial charge in [0.05, 0.1) is 22.2 Å². The molecular formula is C33H36NO2PSi. The van der Waals surface area contributed by atoms with E-state index < -0.39 is 21.2 Å². The second kappa shape index (κ2) is 12.4. The Balaban J connectivity index is 2.11. The Bertz CT molecular complexity index is 1300. The van der Waals surface area contributed by atoms with E-state index in [0.29, 0.717) is 0 Å². The summed E-state index contributed by atoms with van der Waals surface area (Å²) in [7, 11) is -3.37. The highest BCUT2D eigenvalue weighted by molar-refractivity contribution is 7.87. The van der Waals surface area contributed by atoms with Gasteiger partial charge in [0.25, 0.3) is 0 Å². The van der Waals surface area contributed by atoms with Crippen LogP contribution in [0.1, 0.15) is 6.92 Å². The molecule has 38 heavy (non-hydrogen) atoms. The summed E-state index contributed by atoms with van der Waals surface area (Å²) in [6, 6.07) is 41.2. The lowest BCUT2D eigenvalue weighted by Crippen LogP contribution is -2.51. The van der Waals surface area contributed by atoms with Crippen LogP contribution in [0.25, 0.3) is 0 Å². The Labute approximate surface area is 228 Å². The minimum absolute atomic E-state index is 0.0992. The largest absolute Gasteiger partial charge is 0.467 e. The number of methoxy groups -OCH3 is 1. The highest BCUT2D eigenvalue weighted by Gasteiger charge is 2.43. The van der Waals surface area contributed by atoms with Gasteiger partial charge >= 0.3 is 5.97 Å². The van der Waals surface area contributed by atoms with Gasteiger partial charge in [0.2, 0.25) is 0 Å². The van der Waals surface area contributed by atoms with Crippen LogP contribution in [-0.4, -0.2) is 27.2 Å². The van der Waals surface area contributed by atoms with Crippen LogP contribution in [0, 0.1) is 0 Å². The molecule has 0 spiro atoms. The SMILES string of the molecule is C/C=C/[C@H]([C@@H](N=P(c1ccccc1)(c1ccccc1)c1ccccc1)C(=O)OC)[Si](C)(C)c1ccccc1. The summed E-state index contributed by atoms with van der Waals surface area (Å²) in [5.74, 6) is -0.295. The van der Waals surface area contributed by atoms with Crippen LogP contribution < -0.4 is 21.1 Å². The van der Waals surface area contributed by atoms with E-state index in [1.165, 1.54) is 12.3 Å². The summed E-state index contributed by atoms with van der Waals surface area (Å²) in [4.78, 5) is 13.8. The highest BCUT2D eigenvalue weighted by atomic mass is 31.2. The maximum atomic E-state index is 13.8. The van der Waals surface area contributed by atoms with Crippen molar-refractivity contribution >= 4 is 42.2 Å². The van der Waals surface area contributed by atoms with Gasteiger partial charge < -0.3 is 4.74 Å². The predicted molar refractivity (Wildman–Crippen MR) is 166 cm³/mol. The Morgan fingerprint density at radius 3 is 1.50 bits per heavy atom. The van der Waals surface area contributed by atoms with Gasteiger partial charge in [-0.3, -0.25) is 4.74 Å². The molecule has 4 rings (SSSR count). The number of ether oxygens (including phenoxy) is 1. The fourth-order valence-electron chi connectivity index (χ4n) is 5.16. The van der Waals surface area contributed by atoms with Crippen molar-refractivity contribution in [2.45, 2.75) is 31.6 Å². The van der Waals surface area contributed by atoms with E-state index in [-0.39, 0.29) is 11.5 Å². The predicted octanol–water partition coefficient (Wildman–Crippen LogP) is 6.27. The van der Waals surface area contributed by atoms with Gasteiger partial charge in [-0.05, 0) is 6.92 Å². The minimum Gasteiger partial charge on any atom is -0.467 e. The molecule has 0 amide bonds. The Morgan fingerprint density at radius 2 is 1.13 bits per heavy atom.